The van der Waals surface area contributed by atoms with E-state index in [4.69, 9.17) is 0 Å². The van der Waals surface area contributed by atoms with Gasteiger partial charge in [0, 0.05) is 18.8 Å². The zero-order chi connectivity index (χ0) is 11.3. The average molecular weight is 204 g/mol. The Balaban J connectivity index is 3.31. The van der Waals surface area contributed by atoms with Crippen LogP contribution in [-0.2, 0) is 6.42 Å². The van der Waals surface area contributed by atoms with Gasteiger partial charge in [0.15, 0.2) is 0 Å². The van der Waals surface area contributed by atoms with Gasteiger partial charge in [0.1, 0.15) is 5.69 Å². The number of hydrogen-bond donors (Lipinski definition) is 1. The van der Waals surface area contributed by atoms with Crippen molar-refractivity contribution in [3.05, 3.63) is 35.2 Å². The van der Waals surface area contributed by atoms with E-state index >= 15 is 0 Å². The van der Waals surface area contributed by atoms with Crippen LogP contribution in [0.3, 0.4) is 0 Å². The number of aryl methyl sites for hydroxylation is 1. The molecule has 0 saturated carbocycles. The van der Waals surface area contributed by atoms with Crippen molar-refractivity contribution < 1.29 is 4.79 Å². The summed E-state index contributed by atoms with van der Waals surface area (Å²) < 4.78 is 0. The highest BCUT2D eigenvalue weighted by molar-refractivity contribution is 5.96. The summed E-state index contributed by atoms with van der Waals surface area (Å²) in [6.07, 6.45) is 6.42. The number of nitrogens with zero attached hydrogens (tertiary/aromatic N) is 1. The molecule has 0 radical (unpaired) electrons. The van der Waals surface area contributed by atoms with E-state index in [1.165, 1.54) is 0 Å². The minimum absolute atomic E-state index is 0.140. The number of pyridine rings is 1. The highest BCUT2D eigenvalue weighted by atomic mass is 16.1. The van der Waals surface area contributed by atoms with E-state index in [1.807, 2.05) is 25.1 Å². The van der Waals surface area contributed by atoms with Crippen LogP contribution in [0.15, 0.2) is 18.3 Å². The topological polar surface area (TPSA) is 42.0 Å². The zero-order valence-electron chi connectivity index (χ0n) is 9.37. The molecule has 0 aromatic carbocycles. The molecule has 80 valence electrons. The van der Waals surface area contributed by atoms with E-state index < -0.39 is 0 Å². The molecule has 0 bridgehead atoms. The average Bonchev–Trinajstić information content (AvgIpc) is 2.28. The maximum Gasteiger partial charge on any atom is 0.270 e. The van der Waals surface area contributed by atoms with Crippen LogP contribution in [-0.4, -0.2) is 17.9 Å². The van der Waals surface area contributed by atoms with Gasteiger partial charge in [-0.25, -0.2) is 0 Å². The first-order valence-electron chi connectivity index (χ1n) is 5.07. The molecule has 0 aliphatic carbocycles. The summed E-state index contributed by atoms with van der Waals surface area (Å²) in [6, 6.07) is 1.95. The zero-order valence-corrected chi connectivity index (χ0v) is 9.37. The number of allylic oxidation sites excluding steroid dienone is 1. The van der Waals surface area contributed by atoms with Gasteiger partial charge in [0.2, 0.25) is 0 Å². The van der Waals surface area contributed by atoms with Crippen molar-refractivity contribution in [2.75, 3.05) is 7.05 Å². The Morgan fingerprint density at radius 3 is 2.87 bits per heavy atom. The molecule has 3 nitrogen and oxygen atoms in total. The van der Waals surface area contributed by atoms with Gasteiger partial charge in [-0.2, -0.15) is 0 Å². The summed E-state index contributed by atoms with van der Waals surface area (Å²) in [6.45, 7) is 4.00. The van der Waals surface area contributed by atoms with Crippen LogP contribution in [0.5, 0.6) is 0 Å². The minimum Gasteiger partial charge on any atom is -0.354 e. The molecule has 1 aromatic heterocycles. The van der Waals surface area contributed by atoms with Crippen molar-refractivity contribution in [2.45, 2.75) is 20.3 Å². The van der Waals surface area contributed by atoms with Crippen molar-refractivity contribution >= 4 is 12.0 Å². The maximum absolute atomic E-state index is 11.6. The highest BCUT2D eigenvalue weighted by Gasteiger charge is 2.11. The number of hydrogen-bond acceptors (Lipinski definition) is 2. The third-order valence-electron chi connectivity index (χ3n) is 2.24. The van der Waals surface area contributed by atoms with Crippen LogP contribution in [0.1, 0.15) is 35.5 Å². The number of nitrogens with one attached hydrogen (secondary N) is 1. The first-order chi connectivity index (χ1) is 7.24. The summed E-state index contributed by atoms with van der Waals surface area (Å²) in [4.78, 5) is 15.7. The highest BCUT2D eigenvalue weighted by Crippen LogP contribution is 2.15. The normalized spacial score (nSPS) is 10.6. The number of amides is 1. The molecule has 0 aliphatic heterocycles. The van der Waals surface area contributed by atoms with Gasteiger partial charge < -0.3 is 5.32 Å². The summed E-state index contributed by atoms with van der Waals surface area (Å²) in [5.41, 5.74) is 2.55. The lowest BCUT2D eigenvalue weighted by Crippen LogP contribution is -2.21. The Kier molecular flexibility index (Phi) is 4.03. The lowest BCUT2D eigenvalue weighted by molar-refractivity contribution is 0.0958. The van der Waals surface area contributed by atoms with E-state index in [-0.39, 0.29) is 5.91 Å². The SMILES string of the molecule is C/C=C\c1c(CC)ccnc1C(=O)NC. The molecule has 1 rings (SSSR count). The Labute approximate surface area is 90.2 Å². The van der Waals surface area contributed by atoms with Crippen LogP contribution in [0, 0.1) is 0 Å². The molecule has 0 fully saturated rings. The van der Waals surface area contributed by atoms with Gasteiger partial charge in [0.25, 0.3) is 5.91 Å². The van der Waals surface area contributed by atoms with E-state index in [0.29, 0.717) is 5.69 Å². The maximum atomic E-state index is 11.6. The third kappa shape index (κ3) is 2.43. The summed E-state index contributed by atoms with van der Waals surface area (Å²) in [7, 11) is 1.61. The van der Waals surface area contributed by atoms with Gasteiger partial charge in [-0.3, -0.25) is 9.78 Å². The Morgan fingerprint density at radius 2 is 2.33 bits per heavy atom. The molecule has 15 heavy (non-hydrogen) atoms. The molecule has 1 amide bonds. The number of carbonyl (C=O) groups is 1. The van der Waals surface area contributed by atoms with Gasteiger partial charge >= 0.3 is 0 Å². The number of aromatic nitrogens is 1. The Hall–Kier alpha value is -1.64. The van der Waals surface area contributed by atoms with Gasteiger partial charge in [0.05, 0.1) is 0 Å². The Bertz CT molecular complexity index is 383. The second-order valence-corrected chi connectivity index (χ2v) is 3.17. The fraction of sp³-hybridized carbons (Fsp3) is 0.333. The van der Waals surface area contributed by atoms with E-state index in [1.54, 1.807) is 13.2 Å². The molecular formula is C12H16N2O. The molecule has 3 heteroatoms. The monoisotopic (exact) mass is 204 g/mol. The van der Waals surface area contributed by atoms with Crippen LogP contribution in [0.4, 0.5) is 0 Å². The fourth-order valence-corrected chi connectivity index (χ4v) is 1.47. The molecular weight excluding hydrogens is 188 g/mol. The molecule has 1 N–H and O–H groups in total. The van der Waals surface area contributed by atoms with Crippen molar-refractivity contribution in [1.82, 2.24) is 10.3 Å². The van der Waals surface area contributed by atoms with Gasteiger partial charge in [-0.05, 0) is 25.0 Å². The number of rotatable bonds is 3. The second kappa shape index (κ2) is 5.29. The smallest absolute Gasteiger partial charge is 0.270 e. The standard InChI is InChI=1S/C12H16N2O/c1-4-6-10-9(5-2)7-8-14-11(10)12(15)13-3/h4,6-8H,5H2,1-3H3,(H,13,15)/b6-4-. The molecule has 0 unspecified atom stereocenters. The van der Waals surface area contributed by atoms with Crippen molar-refractivity contribution in [1.29, 1.82) is 0 Å². The van der Waals surface area contributed by atoms with E-state index in [0.717, 1.165) is 17.5 Å². The lowest BCUT2D eigenvalue weighted by Gasteiger charge is -2.08. The first-order valence-corrected chi connectivity index (χ1v) is 5.07. The fourth-order valence-electron chi connectivity index (χ4n) is 1.47. The molecule has 1 heterocycles. The third-order valence-corrected chi connectivity index (χ3v) is 2.24. The minimum atomic E-state index is -0.140. The quantitative estimate of drug-likeness (QED) is 0.818. The largest absolute Gasteiger partial charge is 0.354 e. The van der Waals surface area contributed by atoms with Crippen LogP contribution < -0.4 is 5.32 Å². The predicted molar refractivity (Wildman–Crippen MR) is 61.7 cm³/mol. The summed E-state index contributed by atoms with van der Waals surface area (Å²) >= 11 is 0. The molecule has 0 saturated heterocycles. The second-order valence-electron chi connectivity index (χ2n) is 3.17. The first kappa shape index (κ1) is 11.4. The van der Waals surface area contributed by atoms with Crippen LogP contribution >= 0.6 is 0 Å². The van der Waals surface area contributed by atoms with Crippen LogP contribution in [0.2, 0.25) is 0 Å². The van der Waals surface area contributed by atoms with E-state index in [9.17, 15) is 4.79 Å². The summed E-state index contributed by atoms with van der Waals surface area (Å²) in [5, 5.41) is 2.60. The number of carbonyl (C=O) groups excluding carboxylic acids is 1. The van der Waals surface area contributed by atoms with Crippen LogP contribution in [0.25, 0.3) is 6.08 Å². The van der Waals surface area contributed by atoms with Gasteiger partial charge in [-0.15, -0.1) is 0 Å². The molecule has 0 aliphatic rings. The predicted octanol–water partition coefficient (Wildman–Crippen LogP) is 2.04. The van der Waals surface area contributed by atoms with E-state index in [2.05, 4.69) is 17.2 Å². The molecule has 0 spiro atoms. The molecule has 0 atom stereocenters. The summed E-state index contributed by atoms with van der Waals surface area (Å²) in [5.74, 6) is -0.140. The van der Waals surface area contributed by atoms with Gasteiger partial charge in [-0.1, -0.05) is 19.1 Å². The lowest BCUT2D eigenvalue weighted by atomic mass is 10.0. The van der Waals surface area contributed by atoms with Crippen molar-refractivity contribution in [2.24, 2.45) is 0 Å². The molecule has 1 aromatic rings. The van der Waals surface area contributed by atoms with Crippen molar-refractivity contribution in [3.8, 4) is 0 Å². The Morgan fingerprint density at radius 1 is 1.60 bits per heavy atom. The van der Waals surface area contributed by atoms with Crippen molar-refractivity contribution in [3.63, 3.8) is 0 Å².